The molecule has 1 nitrogen and oxygen atoms in total. The fraction of sp³-hybridized carbons (Fsp3) is 0. The van der Waals surface area contributed by atoms with Gasteiger partial charge in [0.05, 0.1) is 0 Å². The SMILES string of the molecule is [OH2+][B-](c1c(F)c(F)c(F)c(F)c1F)(c1c(F)c(F)c(F)c(F)c1F)c1c(F)c(F)c(F)c(F)c1F. The lowest BCUT2D eigenvalue weighted by Gasteiger charge is -2.33. The lowest BCUT2D eigenvalue weighted by Crippen LogP contribution is -2.73. The van der Waals surface area contributed by atoms with Gasteiger partial charge in [-0.1, -0.05) is 0 Å². The molecular formula is C18H2BF15O. The summed E-state index contributed by atoms with van der Waals surface area (Å²) in [4.78, 5) is 0. The average molecular weight is 530 g/mol. The van der Waals surface area contributed by atoms with E-state index in [2.05, 4.69) is 0 Å². The molecule has 0 amide bonds. The minimum Gasteiger partial charge on any atom is -0.681 e. The third kappa shape index (κ3) is 3.35. The van der Waals surface area contributed by atoms with Gasteiger partial charge < -0.3 is 5.02 Å². The van der Waals surface area contributed by atoms with Crippen LogP contribution in [0, 0.1) is 87.3 Å². The van der Waals surface area contributed by atoms with E-state index in [1.54, 1.807) is 0 Å². The lowest BCUT2D eigenvalue weighted by atomic mass is 9.28. The molecule has 17 heteroatoms. The predicted octanol–water partition coefficient (Wildman–Crippen LogP) is 3.46. The molecule has 0 unspecified atom stereocenters. The molecular weight excluding hydrogens is 528 g/mol. The van der Waals surface area contributed by atoms with Crippen LogP contribution in [0.25, 0.3) is 0 Å². The maximum Gasteiger partial charge on any atom is 0.392 e. The highest BCUT2D eigenvalue weighted by atomic mass is 19.2. The molecule has 0 atom stereocenters. The van der Waals surface area contributed by atoms with Crippen molar-refractivity contribution in [2.24, 2.45) is 0 Å². The smallest absolute Gasteiger partial charge is 0.392 e. The van der Waals surface area contributed by atoms with Gasteiger partial charge >= 0.3 is 6.35 Å². The largest absolute Gasteiger partial charge is 0.681 e. The van der Waals surface area contributed by atoms with Crippen LogP contribution < -0.4 is 16.4 Å². The molecule has 0 spiro atoms. The summed E-state index contributed by atoms with van der Waals surface area (Å²) in [5.74, 6) is -47.2. The molecule has 0 bridgehead atoms. The van der Waals surface area contributed by atoms with Gasteiger partial charge in [0.2, 0.25) is 0 Å². The van der Waals surface area contributed by atoms with Crippen LogP contribution in [0.5, 0.6) is 0 Å². The van der Waals surface area contributed by atoms with E-state index in [1.807, 2.05) is 0 Å². The number of halogens is 15. The van der Waals surface area contributed by atoms with Crippen molar-refractivity contribution in [3.63, 3.8) is 0 Å². The van der Waals surface area contributed by atoms with Crippen molar-refractivity contribution < 1.29 is 70.9 Å². The molecule has 0 aliphatic heterocycles. The molecule has 0 fully saturated rings. The van der Waals surface area contributed by atoms with Gasteiger partial charge in [0.15, 0.2) is 52.4 Å². The molecule has 35 heavy (non-hydrogen) atoms. The molecule has 2 N–H and O–H groups in total. The van der Waals surface area contributed by atoms with Crippen LogP contribution >= 0.6 is 0 Å². The average Bonchev–Trinajstić information content (AvgIpc) is 2.81. The van der Waals surface area contributed by atoms with E-state index in [9.17, 15) is 65.9 Å². The second-order valence-corrected chi connectivity index (χ2v) is 6.82. The maximum atomic E-state index is 14.5. The van der Waals surface area contributed by atoms with Crippen LogP contribution in [0.15, 0.2) is 0 Å². The van der Waals surface area contributed by atoms with Crippen LogP contribution in [0.1, 0.15) is 0 Å². The molecule has 0 heterocycles. The van der Waals surface area contributed by atoms with Crippen LogP contribution in [-0.4, -0.2) is 11.4 Å². The Morgan fingerprint density at radius 2 is 0.371 bits per heavy atom. The first-order valence-corrected chi connectivity index (χ1v) is 8.49. The van der Waals surface area contributed by atoms with Gasteiger partial charge in [-0.05, 0) is 16.4 Å². The van der Waals surface area contributed by atoms with E-state index in [0.717, 1.165) is 0 Å². The third-order valence-corrected chi connectivity index (χ3v) is 5.03. The van der Waals surface area contributed by atoms with Gasteiger partial charge in [-0.3, -0.25) is 0 Å². The summed E-state index contributed by atoms with van der Waals surface area (Å²) in [5, 5.41) is 8.04. The molecule has 3 rings (SSSR count). The summed E-state index contributed by atoms with van der Waals surface area (Å²) in [7, 11) is 0. The Hall–Kier alpha value is -3.37. The molecule has 3 aromatic carbocycles. The highest BCUT2D eigenvalue weighted by molar-refractivity contribution is 7.06. The first-order chi connectivity index (χ1) is 16.0. The second kappa shape index (κ2) is 8.39. The molecule has 0 saturated heterocycles. The second-order valence-electron chi connectivity index (χ2n) is 6.82. The van der Waals surface area contributed by atoms with E-state index >= 15 is 0 Å². The number of hydrogen-bond acceptors (Lipinski definition) is 0. The summed E-state index contributed by atoms with van der Waals surface area (Å²) < 4.78 is 210. The van der Waals surface area contributed by atoms with Crippen molar-refractivity contribution in [2.45, 2.75) is 0 Å². The quantitative estimate of drug-likeness (QED) is 0.163. The Labute approximate surface area is 182 Å². The standard InChI is InChI=1S/C18H2BF15O/c20-4-1(5(21)11(27)16(32)10(4)26)19(35,2-6(22)12(28)17(33)13(29)7(2)23)3-8(24)14(30)18(34)15(31)9(3)25/h35H2. The molecule has 0 radical (unpaired) electrons. The Morgan fingerprint density at radius 1 is 0.257 bits per heavy atom. The third-order valence-electron chi connectivity index (χ3n) is 5.03. The highest BCUT2D eigenvalue weighted by Crippen LogP contribution is 2.26. The maximum absolute atomic E-state index is 14.5. The van der Waals surface area contributed by atoms with Crippen LogP contribution in [-0.2, 0) is 0 Å². The van der Waals surface area contributed by atoms with Gasteiger partial charge in [-0.25, -0.2) is 65.9 Å². The molecule has 3 aromatic rings. The van der Waals surface area contributed by atoms with E-state index in [4.69, 9.17) is 5.02 Å². The fourth-order valence-corrected chi connectivity index (χ4v) is 3.44. The predicted molar refractivity (Wildman–Crippen MR) is 87.0 cm³/mol. The van der Waals surface area contributed by atoms with Crippen molar-refractivity contribution in [3.05, 3.63) is 87.3 Å². The summed E-state index contributed by atoms with van der Waals surface area (Å²) >= 11 is 0. The molecule has 0 aliphatic rings. The molecule has 188 valence electrons. The van der Waals surface area contributed by atoms with Gasteiger partial charge in [0.25, 0.3) is 0 Å². The highest BCUT2D eigenvalue weighted by Gasteiger charge is 2.53. The Balaban J connectivity index is 2.78. The zero-order chi connectivity index (χ0) is 26.9. The van der Waals surface area contributed by atoms with Gasteiger partial charge in [-0.2, -0.15) is 0 Å². The number of benzene rings is 3. The van der Waals surface area contributed by atoms with Crippen LogP contribution in [0.3, 0.4) is 0 Å². The van der Waals surface area contributed by atoms with Gasteiger partial charge in [0, 0.05) is 0 Å². The van der Waals surface area contributed by atoms with Gasteiger partial charge in [-0.15, -0.1) is 0 Å². The van der Waals surface area contributed by atoms with E-state index in [1.165, 1.54) is 0 Å². The van der Waals surface area contributed by atoms with E-state index in [0.29, 0.717) is 0 Å². The first kappa shape index (κ1) is 26.2. The van der Waals surface area contributed by atoms with Crippen molar-refractivity contribution in [2.75, 3.05) is 0 Å². The summed E-state index contributed by atoms with van der Waals surface area (Å²) in [6.45, 7) is 0. The van der Waals surface area contributed by atoms with Crippen molar-refractivity contribution >= 4 is 22.7 Å². The zero-order valence-electron chi connectivity index (χ0n) is 15.7. The molecule has 0 aliphatic carbocycles. The molecule has 0 saturated carbocycles. The van der Waals surface area contributed by atoms with Crippen molar-refractivity contribution in [1.82, 2.24) is 0 Å². The monoisotopic (exact) mass is 530 g/mol. The lowest BCUT2D eigenvalue weighted by molar-refractivity contribution is 0.374. The van der Waals surface area contributed by atoms with E-state index < -0.39 is 110 Å². The first-order valence-electron chi connectivity index (χ1n) is 8.49. The fourth-order valence-electron chi connectivity index (χ4n) is 3.44. The Kier molecular flexibility index (Phi) is 6.29. The minimum atomic E-state index is -6.16. The summed E-state index contributed by atoms with van der Waals surface area (Å²) in [5.41, 5.74) is -8.89. The molecule has 0 aromatic heterocycles. The summed E-state index contributed by atoms with van der Waals surface area (Å²) in [6.07, 6.45) is -6.16. The van der Waals surface area contributed by atoms with Crippen molar-refractivity contribution in [1.29, 1.82) is 0 Å². The van der Waals surface area contributed by atoms with Crippen LogP contribution in [0.4, 0.5) is 65.9 Å². The van der Waals surface area contributed by atoms with Crippen LogP contribution in [0.2, 0.25) is 0 Å². The van der Waals surface area contributed by atoms with Crippen molar-refractivity contribution in [3.8, 4) is 0 Å². The van der Waals surface area contributed by atoms with E-state index in [-0.39, 0.29) is 0 Å². The Morgan fingerprint density at radius 3 is 0.514 bits per heavy atom. The number of hydrogen-bond donors (Lipinski definition) is 0. The minimum absolute atomic E-state index is 2.96. The number of rotatable bonds is 3. The normalized spacial score (nSPS) is 12.0. The Bertz CT molecular complexity index is 1170. The summed E-state index contributed by atoms with van der Waals surface area (Å²) in [6, 6.07) is 0. The zero-order valence-corrected chi connectivity index (χ0v) is 15.7. The van der Waals surface area contributed by atoms with Gasteiger partial charge in [0.1, 0.15) is 34.9 Å². The topological polar surface area (TPSA) is 22.9 Å².